The van der Waals surface area contributed by atoms with Crippen LogP contribution in [0.25, 0.3) is 0 Å². The SMILES string of the molecule is CCCOc1ccc(/C=N/NC(=O)C(=O)NCCCOC)cc1OCC. The maximum Gasteiger partial charge on any atom is 0.329 e. The maximum atomic E-state index is 11.6. The fraction of sp³-hybridized carbons (Fsp3) is 0.500. The van der Waals surface area contributed by atoms with Crippen LogP contribution in [0.2, 0.25) is 0 Å². The van der Waals surface area contributed by atoms with Crippen LogP contribution < -0.4 is 20.2 Å². The van der Waals surface area contributed by atoms with Gasteiger partial charge in [-0.25, -0.2) is 5.43 Å². The highest BCUT2D eigenvalue weighted by atomic mass is 16.5. The number of hydrogen-bond donors (Lipinski definition) is 2. The Morgan fingerprint density at radius 1 is 1.12 bits per heavy atom. The zero-order chi connectivity index (χ0) is 19.2. The zero-order valence-electron chi connectivity index (χ0n) is 15.5. The lowest BCUT2D eigenvalue weighted by Crippen LogP contribution is -2.38. The van der Waals surface area contributed by atoms with Gasteiger partial charge < -0.3 is 19.5 Å². The van der Waals surface area contributed by atoms with Crippen molar-refractivity contribution in [2.24, 2.45) is 5.10 Å². The number of nitrogens with zero attached hydrogens (tertiary/aromatic N) is 1. The van der Waals surface area contributed by atoms with Gasteiger partial charge in [0.1, 0.15) is 0 Å². The van der Waals surface area contributed by atoms with E-state index in [1.165, 1.54) is 6.21 Å². The summed E-state index contributed by atoms with van der Waals surface area (Å²) in [6, 6.07) is 5.33. The van der Waals surface area contributed by atoms with Crippen molar-refractivity contribution in [3.63, 3.8) is 0 Å². The lowest BCUT2D eigenvalue weighted by Gasteiger charge is -2.11. The Balaban J connectivity index is 2.57. The second kappa shape index (κ2) is 12.7. The molecular formula is C18H27N3O5. The second-order valence-electron chi connectivity index (χ2n) is 5.29. The van der Waals surface area contributed by atoms with E-state index in [-0.39, 0.29) is 0 Å². The topological polar surface area (TPSA) is 98.2 Å². The molecule has 0 unspecified atom stereocenters. The van der Waals surface area contributed by atoms with Crippen LogP contribution in [-0.2, 0) is 14.3 Å². The van der Waals surface area contributed by atoms with Gasteiger partial charge >= 0.3 is 11.8 Å². The third-order valence-electron chi connectivity index (χ3n) is 3.13. The summed E-state index contributed by atoms with van der Waals surface area (Å²) in [5.41, 5.74) is 2.89. The fourth-order valence-electron chi connectivity index (χ4n) is 1.92. The number of rotatable bonds is 11. The van der Waals surface area contributed by atoms with Crippen LogP contribution in [0.5, 0.6) is 11.5 Å². The molecule has 0 aliphatic heterocycles. The van der Waals surface area contributed by atoms with Gasteiger partial charge in [0.15, 0.2) is 11.5 Å². The maximum absolute atomic E-state index is 11.6. The van der Waals surface area contributed by atoms with Crippen LogP contribution in [0.15, 0.2) is 23.3 Å². The van der Waals surface area contributed by atoms with Crippen molar-refractivity contribution in [1.29, 1.82) is 0 Å². The number of amides is 2. The number of nitrogens with one attached hydrogen (secondary N) is 2. The number of carbonyl (C=O) groups is 2. The molecule has 0 spiro atoms. The molecule has 0 atom stereocenters. The third kappa shape index (κ3) is 7.98. The van der Waals surface area contributed by atoms with Crippen LogP contribution in [0.1, 0.15) is 32.3 Å². The molecule has 8 nitrogen and oxygen atoms in total. The van der Waals surface area contributed by atoms with Crippen LogP contribution >= 0.6 is 0 Å². The lowest BCUT2D eigenvalue weighted by atomic mass is 10.2. The van der Waals surface area contributed by atoms with Crippen molar-refractivity contribution in [1.82, 2.24) is 10.7 Å². The first kappa shape index (κ1) is 21.4. The van der Waals surface area contributed by atoms with Gasteiger partial charge in [-0.3, -0.25) is 9.59 Å². The van der Waals surface area contributed by atoms with Crippen LogP contribution in [0.3, 0.4) is 0 Å². The minimum atomic E-state index is -0.827. The third-order valence-corrected chi connectivity index (χ3v) is 3.13. The molecule has 0 fully saturated rings. The first-order valence-corrected chi connectivity index (χ1v) is 8.62. The average molecular weight is 365 g/mol. The van der Waals surface area contributed by atoms with Crippen molar-refractivity contribution in [3.05, 3.63) is 23.8 Å². The molecule has 1 aromatic rings. The van der Waals surface area contributed by atoms with E-state index in [0.717, 1.165) is 6.42 Å². The summed E-state index contributed by atoms with van der Waals surface area (Å²) in [6.07, 6.45) is 2.96. The van der Waals surface area contributed by atoms with E-state index < -0.39 is 11.8 Å². The summed E-state index contributed by atoms with van der Waals surface area (Å²) >= 11 is 0. The first-order chi connectivity index (χ1) is 12.6. The van der Waals surface area contributed by atoms with E-state index in [0.29, 0.717) is 49.8 Å². The molecule has 0 aliphatic rings. The van der Waals surface area contributed by atoms with E-state index >= 15 is 0 Å². The summed E-state index contributed by atoms with van der Waals surface area (Å²) in [7, 11) is 1.57. The molecule has 2 amide bonds. The summed E-state index contributed by atoms with van der Waals surface area (Å²) in [5, 5.41) is 6.27. The van der Waals surface area contributed by atoms with Gasteiger partial charge in [0.25, 0.3) is 0 Å². The zero-order valence-corrected chi connectivity index (χ0v) is 15.5. The summed E-state index contributed by atoms with van der Waals surface area (Å²) in [5.74, 6) is -0.305. The van der Waals surface area contributed by atoms with Gasteiger partial charge in [-0.2, -0.15) is 5.10 Å². The molecule has 0 radical (unpaired) electrons. The molecule has 8 heteroatoms. The van der Waals surface area contributed by atoms with Crippen molar-refractivity contribution < 1.29 is 23.8 Å². The molecule has 26 heavy (non-hydrogen) atoms. The molecule has 0 bridgehead atoms. The molecule has 0 aromatic heterocycles. The second-order valence-corrected chi connectivity index (χ2v) is 5.29. The van der Waals surface area contributed by atoms with Gasteiger partial charge in [-0.15, -0.1) is 0 Å². The first-order valence-electron chi connectivity index (χ1n) is 8.62. The van der Waals surface area contributed by atoms with Crippen molar-refractivity contribution in [3.8, 4) is 11.5 Å². The lowest BCUT2D eigenvalue weighted by molar-refractivity contribution is -0.139. The summed E-state index contributed by atoms with van der Waals surface area (Å²) < 4.78 is 16.0. The van der Waals surface area contributed by atoms with Crippen molar-refractivity contribution in [2.45, 2.75) is 26.7 Å². The van der Waals surface area contributed by atoms with Crippen LogP contribution in [0.4, 0.5) is 0 Å². The molecule has 1 aromatic carbocycles. The molecule has 0 aliphatic carbocycles. The Hall–Kier alpha value is -2.61. The standard InChI is InChI=1S/C18H27N3O5/c1-4-10-26-15-8-7-14(12-16(15)25-5-2)13-20-21-18(23)17(22)19-9-6-11-24-3/h7-8,12-13H,4-6,9-11H2,1-3H3,(H,19,22)(H,21,23)/b20-13+. The van der Waals surface area contributed by atoms with Gasteiger partial charge in [0.05, 0.1) is 19.4 Å². The number of carbonyl (C=O) groups excluding carboxylic acids is 2. The normalized spacial score (nSPS) is 10.6. The van der Waals surface area contributed by atoms with E-state index in [9.17, 15) is 9.59 Å². The number of hydrazone groups is 1. The minimum Gasteiger partial charge on any atom is -0.490 e. The molecule has 144 valence electrons. The smallest absolute Gasteiger partial charge is 0.329 e. The van der Waals surface area contributed by atoms with Gasteiger partial charge in [0.2, 0.25) is 0 Å². The number of methoxy groups -OCH3 is 1. The molecular weight excluding hydrogens is 338 g/mol. The highest BCUT2D eigenvalue weighted by molar-refractivity contribution is 6.35. The highest BCUT2D eigenvalue weighted by Crippen LogP contribution is 2.28. The molecule has 2 N–H and O–H groups in total. The quantitative estimate of drug-likeness (QED) is 0.268. The van der Waals surface area contributed by atoms with Crippen molar-refractivity contribution in [2.75, 3.05) is 33.5 Å². The molecule has 0 saturated carbocycles. The van der Waals surface area contributed by atoms with E-state index in [1.54, 1.807) is 25.3 Å². The largest absolute Gasteiger partial charge is 0.490 e. The Kier molecular flexibility index (Phi) is 10.5. The summed E-state index contributed by atoms with van der Waals surface area (Å²) in [6.45, 7) is 5.89. The Bertz CT molecular complexity index is 604. The van der Waals surface area contributed by atoms with Crippen molar-refractivity contribution >= 4 is 18.0 Å². The molecule has 0 saturated heterocycles. The Morgan fingerprint density at radius 3 is 2.62 bits per heavy atom. The van der Waals surface area contributed by atoms with Crippen LogP contribution in [0, 0.1) is 0 Å². The fourth-order valence-corrected chi connectivity index (χ4v) is 1.92. The summed E-state index contributed by atoms with van der Waals surface area (Å²) in [4.78, 5) is 23.2. The number of ether oxygens (including phenoxy) is 3. The number of hydrogen-bond acceptors (Lipinski definition) is 6. The van der Waals surface area contributed by atoms with E-state index in [2.05, 4.69) is 15.8 Å². The van der Waals surface area contributed by atoms with E-state index in [4.69, 9.17) is 14.2 Å². The monoisotopic (exact) mass is 365 g/mol. The van der Waals surface area contributed by atoms with E-state index in [1.807, 2.05) is 13.8 Å². The van der Waals surface area contributed by atoms with Gasteiger partial charge in [-0.05, 0) is 43.5 Å². The predicted molar refractivity (Wildman–Crippen MR) is 98.6 cm³/mol. The minimum absolute atomic E-state index is 0.362. The Morgan fingerprint density at radius 2 is 1.92 bits per heavy atom. The molecule has 0 heterocycles. The van der Waals surface area contributed by atoms with Gasteiger partial charge in [-0.1, -0.05) is 6.92 Å². The highest BCUT2D eigenvalue weighted by Gasteiger charge is 2.11. The molecule has 1 rings (SSSR count). The Labute approximate surface area is 153 Å². The van der Waals surface area contributed by atoms with Gasteiger partial charge in [0, 0.05) is 20.3 Å². The average Bonchev–Trinajstić information content (AvgIpc) is 2.64. The van der Waals surface area contributed by atoms with Crippen LogP contribution in [-0.4, -0.2) is 51.5 Å². The predicted octanol–water partition coefficient (Wildman–Crippen LogP) is 1.48. The number of benzene rings is 1.